The van der Waals surface area contributed by atoms with Crippen LogP contribution in [0.25, 0.3) is 0 Å². The Kier molecular flexibility index (Phi) is 5.89. The van der Waals surface area contributed by atoms with Crippen LogP contribution in [0, 0.1) is 0 Å². The number of benzene rings is 2. The van der Waals surface area contributed by atoms with Gasteiger partial charge in [-0.1, -0.05) is 23.2 Å². The van der Waals surface area contributed by atoms with Gasteiger partial charge in [0, 0.05) is 10.7 Å². The van der Waals surface area contributed by atoms with Crippen molar-refractivity contribution in [3.05, 3.63) is 52.5 Å². The van der Waals surface area contributed by atoms with E-state index in [9.17, 15) is 13.2 Å². The fraction of sp³-hybridized carbons (Fsp3) is 0.0714. The summed E-state index contributed by atoms with van der Waals surface area (Å²) in [7, 11) is -3.83. The van der Waals surface area contributed by atoms with E-state index < -0.39 is 15.9 Å². The molecule has 1 amide bonds. The third kappa shape index (κ3) is 4.75. The molecule has 0 spiro atoms. The predicted molar refractivity (Wildman–Crippen MR) is 91.5 cm³/mol. The second-order valence-corrected chi connectivity index (χ2v) is 7.09. The van der Waals surface area contributed by atoms with E-state index >= 15 is 0 Å². The number of sulfonamides is 1. The van der Waals surface area contributed by atoms with Crippen molar-refractivity contribution in [1.29, 1.82) is 0 Å². The maximum atomic E-state index is 12.3. The third-order valence-electron chi connectivity index (χ3n) is 2.83. The monoisotopic (exact) mass is 389 g/mol. The molecular formula is C14H13Cl2N3O4S. The number of anilines is 1. The summed E-state index contributed by atoms with van der Waals surface area (Å²) >= 11 is 11.7. The second-order valence-electron chi connectivity index (χ2n) is 4.56. The first kappa shape index (κ1) is 18.3. The van der Waals surface area contributed by atoms with Crippen LogP contribution < -0.4 is 20.7 Å². The van der Waals surface area contributed by atoms with Gasteiger partial charge in [-0.2, -0.15) is 0 Å². The molecule has 0 aliphatic rings. The number of hydrogen-bond donors (Lipinski definition) is 3. The Morgan fingerprint density at radius 2 is 1.79 bits per heavy atom. The first-order valence-electron chi connectivity index (χ1n) is 6.52. The fourth-order valence-electron chi connectivity index (χ4n) is 1.68. The van der Waals surface area contributed by atoms with E-state index in [1.165, 1.54) is 30.3 Å². The maximum absolute atomic E-state index is 12.3. The van der Waals surface area contributed by atoms with Crippen molar-refractivity contribution >= 4 is 44.8 Å². The predicted octanol–water partition coefficient (Wildman–Crippen LogP) is 2.16. The summed E-state index contributed by atoms with van der Waals surface area (Å²) in [5, 5.41) is 0.530. The molecule has 0 saturated carbocycles. The number of carbonyl (C=O) groups excluding carboxylic acids is 1. The lowest BCUT2D eigenvalue weighted by molar-refractivity contribution is -0.123. The largest absolute Gasteiger partial charge is 0.482 e. The van der Waals surface area contributed by atoms with E-state index in [2.05, 4.69) is 4.72 Å². The van der Waals surface area contributed by atoms with Crippen LogP contribution in [0.2, 0.25) is 10.0 Å². The van der Waals surface area contributed by atoms with Gasteiger partial charge in [-0.25, -0.2) is 14.3 Å². The molecule has 0 aromatic heterocycles. The molecule has 0 heterocycles. The van der Waals surface area contributed by atoms with Crippen molar-refractivity contribution in [3.8, 4) is 5.75 Å². The zero-order chi connectivity index (χ0) is 17.7. The Balaban J connectivity index is 2.17. The van der Waals surface area contributed by atoms with Crippen molar-refractivity contribution in [2.75, 3.05) is 11.3 Å². The Morgan fingerprint density at radius 3 is 2.38 bits per heavy atom. The minimum Gasteiger partial charge on any atom is -0.482 e. The average molecular weight is 390 g/mol. The van der Waals surface area contributed by atoms with Crippen LogP contribution in [0.3, 0.4) is 0 Å². The van der Waals surface area contributed by atoms with Crippen LogP contribution in [0.4, 0.5) is 5.69 Å². The molecule has 0 radical (unpaired) electrons. The summed E-state index contributed by atoms with van der Waals surface area (Å²) in [5.41, 5.74) is 2.26. The molecule has 0 bridgehead atoms. The highest BCUT2D eigenvalue weighted by atomic mass is 35.5. The van der Waals surface area contributed by atoms with Crippen LogP contribution >= 0.6 is 23.2 Å². The highest BCUT2D eigenvalue weighted by Gasteiger charge is 2.16. The number of halogens is 2. The van der Waals surface area contributed by atoms with Crippen molar-refractivity contribution in [2.45, 2.75) is 4.90 Å². The number of ether oxygens (including phenoxy) is 1. The van der Waals surface area contributed by atoms with Crippen molar-refractivity contribution < 1.29 is 17.9 Å². The maximum Gasteiger partial charge on any atom is 0.271 e. The SMILES string of the molecule is NNC(=O)COc1ccc(S(=O)(=O)Nc2ccc(Cl)cc2)cc1Cl. The summed E-state index contributed by atoms with van der Waals surface area (Å²) in [4.78, 5) is 11.0. The first-order valence-corrected chi connectivity index (χ1v) is 8.76. The molecule has 2 aromatic rings. The highest BCUT2D eigenvalue weighted by molar-refractivity contribution is 7.92. The number of hydrazine groups is 1. The zero-order valence-electron chi connectivity index (χ0n) is 12.1. The van der Waals surface area contributed by atoms with Crippen LogP contribution in [-0.2, 0) is 14.8 Å². The smallest absolute Gasteiger partial charge is 0.271 e. The summed E-state index contributed by atoms with van der Waals surface area (Å²) in [5.74, 6) is 4.54. The van der Waals surface area contributed by atoms with Gasteiger partial charge in [-0.3, -0.25) is 14.9 Å². The van der Waals surface area contributed by atoms with Crippen molar-refractivity contribution in [2.24, 2.45) is 5.84 Å². The summed E-state index contributed by atoms with van der Waals surface area (Å²) in [6.45, 7) is -0.342. The van der Waals surface area contributed by atoms with E-state index in [0.29, 0.717) is 10.7 Å². The second kappa shape index (κ2) is 7.71. The third-order valence-corrected chi connectivity index (χ3v) is 4.76. The molecule has 0 aliphatic carbocycles. The Labute approximate surface area is 148 Å². The van der Waals surface area contributed by atoms with Crippen molar-refractivity contribution in [3.63, 3.8) is 0 Å². The van der Waals surface area contributed by atoms with Crippen molar-refractivity contribution in [1.82, 2.24) is 5.43 Å². The standard InChI is InChI=1S/C14H13Cl2N3O4S/c15-9-1-3-10(4-2-9)19-24(21,22)11-5-6-13(12(16)7-11)23-8-14(20)18-17/h1-7,19H,8,17H2,(H,18,20). The van der Waals surface area contributed by atoms with Crippen LogP contribution in [-0.4, -0.2) is 20.9 Å². The minimum atomic E-state index is -3.83. The van der Waals surface area contributed by atoms with Crippen LogP contribution in [0.15, 0.2) is 47.4 Å². The molecule has 7 nitrogen and oxygen atoms in total. The number of amides is 1. The number of rotatable bonds is 6. The summed E-state index contributed by atoms with van der Waals surface area (Å²) in [6, 6.07) is 10.1. The molecule has 0 atom stereocenters. The van der Waals surface area contributed by atoms with Gasteiger partial charge in [0.25, 0.3) is 15.9 Å². The minimum absolute atomic E-state index is 0.0406. The van der Waals surface area contributed by atoms with E-state index in [1.807, 2.05) is 5.43 Å². The number of nitrogens with two attached hydrogens (primary N) is 1. The fourth-order valence-corrected chi connectivity index (χ4v) is 3.19. The molecule has 0 unspecified atom stereocenters. The molecule has 10 heteroatoms. The summed E-state index contributed by atoms with van der Waals surface area (Å²) in [6.07, 6.45) is 0. The van der Waals surface area contributed by atoms with Gasteiger partial charge in [0.2, 0.25) is 0 Å². The van der Waals surface area contributed by atoms with Gasteiger partial charge in [-0.15, -0.1) is 0 Å². The molecule has 128 valence electrons. The van der Waals surface area contributed by atoms with E-state index in [0.717, 1.165) is 0 Å². The quantitative estimate of drug-likeness (QED) is 0.398. The van der Waals surface area contributed by atoms with Gasteiger partial charge in [0.1, 0.15) is 5.75 Å². The number of carbonyl (C=O) groups is 1. The molecule has 2 rings (SSSR count). The normalized spacial score (nSPS) is 11.0. The van der Waals surface area contributed by atoms with Gasteiger partial charge in [0.15, 0.2) is 6.61 Å². The molecule has 0 fully saturated rings. The average Bonchev–Trinajstić information content (AvgIpc) is 2.55. The molecule has 0 aliphatic heterocycles. The Hall–Kier alpha value is -2.00. The lowest BCUT2D eigenvalue weighted by Gasteiger charge is -2.11. The molecular weight excluding hydrogens is 377 g/mol. The number of hydrogen-bond acceptors (Lipinski definition) is 5. The molecule has 0 saturated heterocycles. The topological polar surface area (TPSA) is 111 Å². The lowest BCUT2D eigenvalue weighted by atomic mass is 10.3. The van der Waals surface area contributed by atoms with Crippen LogP contribution in [0.1, 0.15) is 0 Å². The van der Waals surface area contributed by atoms with Gasteiger partial charge >= 0.3 is 0 Å². The lowest BCUT2D eigenvalue weighted by Crippen LogP contribution is -2.34. The molecule has 4 N–H and O–H groups in total. The Bertz CT molecular complexity index is 842. The van der Waals surface area contributed by atoms with E-state index in [-0.39, 0.29) is 22.3 Å². The van der Waals surface area contributed by atoms with Gasteiger partial charge < -0.3 is 4.74 Å². The van der Waals surface area contributed by atoms with E-state index in [1.54, 1.807) is 12.1 Å². The molecule has 2 aromatic carbocycles. The van der Waals surface area contributed by atoms with Gasteiger partial charge in [0.05, 0.1) is 9.92 Å². The first-order chi connectivity index (χ1) is 11.3. The van der Waals surface area contributed by atoms with E-state index in [4.69, 9.17) is 33.8 Å². The zero-order valence-corrected chi connectivity index (χ0v) is 14.5. The number of nitrogens with one attached hydrogen (secondary N) is 2. The van der Waals surface area contributed by atoms with Crippen LogP contribution in [0.5, 0.6) is 5.75 Å². The van der Waals surface area contributed by atoms with Gasteiger partial charge in [-0.05, 0) is 42.5 Å². The molecule has 24 heavy (non-hydrogen) atoms. The Morgan fingerprint density at radius 1 is 1.12 bits per heavy atom. The summed E-state index contributed by atoms with van der Waals surface area (Å²) < 4.78 is 32.2. The highest BCUT2D eigenvalue weighted by Crippen LogP contribution is 2.28.